The molecule has 0 fully saturated rings. The molecule has 0 N–H and O–H groups in total. The van der Waals surface area contributed by atoms with E-state index in [0.29, 0.717) is 26.3 Å². The van der Waals surface area contributed by atoms with E-state index in [1.807, 2.05) is 42.8 Å². The van der Waals surface area contributed by atoms with E-state index in [9.17, 15) is 4.79 Å². The van der Waals surface area contributed by atoms with Crippen molar-refractivity contribution in [3.05, 3.63) is 22.2 Å². The molecule has 0 unspecified atom stereocenters. The lowest BCUT2D eigenvalue weighted by Gasteiger charge is -2.24. The normalized spacial score (nSPS) is 13.3. The van der Waals surface area contributed by atoms with Crippen molar-refractivity contribution < 1.29 is 14.3 Å². The zero-order valence-electron chi connectivity index (χ0n) is 13.4. The van der Waals surface area contributed by atoms with Gasteiger partial charge in [-0.25, -0.2) is 0 Å². The van der Waals surface area contributed by atoms with Crippen LogP contribution in [-0.4, -0.2) is 55.6 Å². The second-order valence-corrected chi connectivity index (χ2v) is 6.18. The fourth-order valence-electron chi connectivity index (χ4n) is 2.48. The number of carbonyl (C=O) groups is 1. The summed E-state index contributed by atoms with van der Waals surface area (Å²) in [5.74, 6) is 1.69. The van der Waals surface area contributed by atoms with Crippen LogP contribution in [0.4, 0.5) is 0 Å². The number of halogens is 1. The van der Waals surface area contributed by atoms with Crippen LogP contribution in [0.5, 0.6) is 11.5 Å². The lowest BCUT2D eigenvalue weighted by Crippen LogP contribution is -2.38. The number of hydrogen-bond acceptors (Lipinski definition) is 4. The van der Waals surface area contributed by atoms with Crippen molar-refractivity contribution in [2.45, 2.75) is 20.4 Å². The summed E-state index contributed by atoms with van der Waals surface area (Å²) in [4.78, 5) is 16.0. The van der Waals surface area contributed by atoms with Gasteiger partial charge in [0.15, 0.2) is 11.5 Å². The predicted octanol–water partition coefficient (Wildman–Crippen LogP) is 2.52. The largest absolute Gasteiger partial charge is 0.486 e. The highest BCUT2D eigenvalue weighted by atomic mass is 79.9. The number of benzene rings is 1. The lowest BCUT2D eigenvalue weighted by molar-refractivity contribution is -0.131. The molecule has 0 radical (unpaired) electrons. The average Bonchev–Trinajstić information content (AvgIpc) is 2.49. The van der Waals surface area contributed by atoms with Crippen LogP contribution in [0.25, 0.3) is 0 Å². The Labute approximate surface area is 140 Å². The molecule has 1 aromatic carbocycles. The monoisotopic (exact) mass is 370 g/mol. The molecule has 0 atom stereocenters. The maximum absolute atomic E-state index is 12.2. The Morgan fingerprint density at radius 2 is 1.77 bits per heavy atom. The van der Waals surface area contributed by atoms with Crippen molar-refractivity contribution in [3.63, 3.8) is 0 Å². The van der Waals surface area contributed by atoms with Gasteiger partial charge in [-0.05, 0) is 38.6 Å². The lowest BCUT2D eigenvalue weighted by atomic mass is 10.2. The van der Waals surface area contributed by atoms with E-state index in [0.717, 1.165) is 34.6 Å². The molecule has 6 heteroatoms. The molecule has 5 nitrogen and oxygen atoms in total. The van der Waals surface area contributed by atoms with Gasteiger partial charge in [-0.15, -0.1) is 0 Å². The Kier molecular flexibility index (Phi) is 6.08. The van der Waals surface area contributed by atoms with Gasteiger partial charge in [0.1, 0.15) is 13.2 Å². The molecular formula is C16H23BrN2O3. The molecule has 1 heterocycles. The molecule has 0 spiro atoms. The van der Waals surface area contributed by atoms with E-state index >= 15 is 0 Å². The maximum Gasteiger partial charge on any atom is 0.236 e. The van der Waals surface area contributed by atoms with Crippen LogP contribution in [-0.2, 0) is 11.3 Å². The van der Waals surface area contributed by atoms with Crippen molar-refractivity contribution in [3.8, 4) is 11.5 Å². The van der Waals surface area contributed by atoms with Crippen LogP contribution in [0.2, 0.25) is 0 Å². The molecule has 0 bridgehead atoms. The SMILES string of the molecule is CCN(CC)C(=O)CN(C)Cc1cc2c(cc1Br)OCCO2. The van der Waals surface area contributed by atoms with Crippen molar-refractivity contribution in [2.24, 2.45) is 0 Å². The molecule has 0 aromatic heterocycles. The highest BCUT2D eigenvalue weighted by molar-refractivity contribution is 9.10. The van der Waals surface area contributed by atoms with Gasteiger partial charge in [-0.3, -0.25) is 9.69 Å². The summed E-state index contributed by atoms with van der Waals surface area (Å²) < 4.78 is 12.1. The van der Waals surface area contributed by atoms with Crippen LogP contribution < -0.4 is 9.47 Å². The van der Waals surface area contributed by atoms with Gasteiger partial charge in [0.05, 0.1) is 6.54 Å². The van der Waals surface area contributed by atoms with Crippen molar-refractivity contribution >= 4 is 21.8 Å². The minimum atomic E-state index is 0.154. The Morgan fingerprint density at radius 3 is 2.36 bits per heavy atom. The standard InChI is InChI=1S/C16H23BrN2O3/c1-4-19(5-2)16(20)11-18(3)10-12-8-14-15(9-13(12)17)22-7-6-21-14/h8-9H,4-7,10-11H2,1-3H3. The van der Waals surface area contributed by atoms with E-state index in [-0.39, 0.29) is 5.91 Å². The Morgan fingerprint density at radius 1 is 1.18 bits per heavy atom. The summed E-state index contributed by atoms with van der Waals surface area (Å²) in [5.41, 5.74) is 1.08. The molecule has 22 heavy (non-hydrogen) atoms. The third kappa shape index (κ3) is 4.14. The second-order valence-electron chi connectivity index (χ2n) is 5.33. The number of likely N-dealkylation sites (N-methyl/N-ethyl adjacent to an activating group) is 2. The van der Waals surface area contributed by atoms with E-state index in [4.69, 9.17) is 9.47 Å². The smallest absolute Gasteiger partial charge is 0.236 e. The maximum atomic E-state index is 12.2. The van der Waals surface area contributed by atoms with Gasteiger partial charge >= 0.3 is 0 Å². The molecule has 1 amide bonds. The molecule has 2 rings (SSSR count). The minimum absolute atomic E-state index is 0.154. The zero-order chi connectivity index (χ0) is 16.1. The van der Waals surface area contributed by atoms with Crippen molar-refractivity contribution in [2.75, 3.05) is 39.9 Å². The van der Waals surface area contributed by atoms with Gasteiger partial charge in [-0.2, -0.15) is 0 Å². The van der Waals surface area contributed by atoms with E-state index in [2.05, 4.69) is 15.9 Å². The summed E-state index contributed by atoms with van der Waals surface area (Å²) in [6.07, 6.45) is 0. The number of ether oxygens (including phenoxy) is 2. The summed E-state index contributed by atoms with van der Waals surface area (Å²) >= 11 is 3.57. The minimum Gasteiger partial charge on any atom is -0.486 e. The van der Waals surface area contributed by atoms with Gasteiger partial charge in [-0.1, -0.05) is 15.9 Å². The number of fused-ring (bicyclic) bond motifs is 1. The third-order valence-electron chi connectivity index (χ3n) is 3.67. The number of amides is 1. The number of nitrogens with zero attached hydrogens (tertiary/aromatic N) is 2. The fraction of sp³-hybridized carbons (Fsp3) is 0.562. The second kappa shape index (κ2) is 7.83. The molecule has 1 aliphatic heterocycles. The van der Waals surface area contributed by atoms with Crippen LogP contribution in [0.3, 0.4) is 0 Å². The highest BCUT2D eigenvalue weighted by Crippen LogP contribution is 2.35. The molecule has 0 saturated carbocycles. The highest BCUT2D eigenvalue weighted by Gasteiger charge is 2.17. The van der Waals surface area contributed by atoms with Gasteiger partial charge in [0, 0.05) is 24.1 Å². The van der Waals surface area contributed by atoms with Crippen LogP contribution >= 0.6 is 15.9 Å². The fourth-order valence-corrected chi connectivity index (χ4v) is 2.93. The molecule has 1 aromatic rings. The van der Waals surface area contributed by atoms with Crippen LogP contribution in [0.15, 0.2) is 16.6 Å². The van der Waals surface area contributed by atoms with E-state index in [1.165, 1.54) is 0 Å². The Balaban J connectivity index is 2.02. The molecule has 0 saturated heterocycles. The summed E-state index contributed by atoms with van der Waals surface area (Å²) in [6, 6.07) is 3.92. The first-order valence-electron chi connectivity index (χ1n) is 7.59. The molecular weight excluding hydrogens is 348 g/mol. The first-order chi connectivity index (χ1) is 10.5. The first-order valence-corrected chi connectivity index (χ1v) is 8.38. The number of carbonyl (C=O) groups excluding carboxylic acids is 1. The molecule has 122 valence electrons. The van der Waals surface area contributed by atoms with Crippen molar-refractivity contribution in [1.82, 2.24) is 9.80 Å². The topological polar surface area (TPSA) is 42.0 Å². The van der Waals surface area contributed by atoms with E-state index < -0.39 is 0 Å². The molecule has 0 aliphatic carbocycles. The van der Waals surface area contributed by atoms with E-state index in [1.54, 1.807) is 0 Å². The van der Waals surface area contributed by atoms with Gasteiger partial charge in [0.25, 0.3) is 0 Å². The Bertz CT molecular complexity index is 532. The molecule has 1 aliphatic rings. The van der Waals surface area contributed by atoms with Crippen molar-refractivity contribution in [1.29, 1.82) is 0 Å². The summed E-state index contributed by atoms with van der Waals surface area (Å²) in [7, 11) is 1.95. The summed E-state index contributed by atoms with van der Waals surface area (Å²) in [5, 5.41) is 0. The van der Waals surface area contributed by atoms with Gasteiger partial charge < -0.3 is 14.4 Å². The first kappa shape index (κ1) is 17.1. The quantitative estimate of drug-likeness (QED) is 0.771. The average molecular weight is 371 g/mol. The van der Waals surface area contributed by atoms with Gasteiger partial charge in [0.2, 0.25) is 5.91 Å². The van der Waals surface area contributed by atoms with Crippen LogP contribution in [0.1, 0.15) is 19.4 Å². The number of hydrogen-bond donors (Lipinski definition) is 0. The Hall–Kier alpha value is -1.27. The third-order valence-corrected chi connectivity index (χ3v) is 4.41. The number of rotatable bonds is 6. The van der Waals surface area contributed by atoms with Crippen LogP contribution in [0, 0.1) is 0 Å². The predicted molar refractivity (Wildman–Crippen MR) is 89.4 cm³/mol. The zero-order valence-corrected chi connectivity index (χ0v) is 15.0. The summed E-state index contributed by atoms with van der Waals surface area (Å²) in [6.45, 7) is 7.72.